The van der Waals surface area contributed by atoms with E-state index in [4.69, 9.17) is 11.6 Å². The molecule has 0 radical (unpaired) electrons. The van der Waals surface area contributed by atoms with Gasteiger partial charge in [-0.15, -0.1) is 0 Å². The molecule has 10 nitrogen and oxygen atoms in total. The van der Waals surface area contributed by atoms with E-state index in [2.05, 4.69) is 15.1 Å². The van der Waals surface area contributed by atoms with Crippen molar-refractivity contribution in [1.29, 1.82) is 0 Å². The van der Waals surface area contributed by atoms with E-state index < -0.39 is 28.0 Å². The van der Waals surface area contributed by atoms with Crippen molar-refractivity contribution in [2.45, 2.75) is 32.2 Å². The van der Waals surface area contributed by atoms with E-state index in [9.17, 15) is 24.0 Å². The summed E-state index contributed by atoms with van der Waals surface area (Å²) in [6.45, 7) is 3.22. The smallest absolute Gasteiger partial charge is 0.383 e. The van der Waals surface area contributed by atoms with Gasteiger partial charge in [0.15, 0.2) is 5.82 Å². The Bertz CT molecular complexity index is 1130. The Kier molecular flexibility index (Phi) is 5.45. The number of aromatic nitrogens is 5. The molecule has 1 atom stereocenters. The lowest BCUT2D eigenvalue weighted by molar-refractivity contribution is -0.389. The Balaban J connectivity index is 1.46. The zero-order valence-corrected chi connectivity index (χ0v) is 17.1. The van der Waals surface area contributed by atoms with E-state index >= 15 is 0 Å². The Labute approximate surface area is 179 Å². The molecule has 2 aromatic heterocycles. The molecule has 0 unspecified atom stereocenters. The number of halogens is 3. The third kappa shape index (κ3) is 4.70. The molecular formula is C18H18ClF2N7O3. The van der Waals surface area contributed by atoms with E-state index in [-0.39, 0.29) is 29.8 Å². The van der Waals surface area contributed by atoms with Gasteiger partial charge in [0.1, 0.15) is 23.7 Å². The molecule has 0 saturated heterocycles. The third-order valence-electron chi connectivity index (χ3n) is 4.84. The highest BCUT2D eigenvalue weighted by Gasteiger charge is 2.30. The zero-order valence-electron chi connectivity index (χ0n) is 16.4. The topological polar surface area (TPSA) is 115 Å². The highest BCUT2D eigenvalue weighted by atomic mass is 35.5. The van der Waals surface area contributed by atoms with Gasteiger partial charge in [0.25, 0.3) is 0 Å². The Morgan fingerprint density at radius 1 is 1.23 bits per heavy atom. The van der Waals surface area contributed by atoms with Crippen LogP contribution >= 0.6 is 11.6 Å². The summed E-state index contributed by atoms with van der Waals surface area (Å²) in [5.41, 5.74) is -1.02. The second-order valence-electron chi connectivity index (χ2n) is 7.69. The molecule has 1 aliphatic rings. The third-order valence-corrected chi connectivity index (χ3v) is 5.14. The van der Waals surface area contributed by atoms with Gasteiger partial charge in [0.05, 0.1) is 25.2 Å². The van der Waals surface area contributed by atoms with Gasteiger partial charge in [-0.05, 0) is 40.6 Å². The van der Waals surface area contributed by atoms with Gasteiger partial charge in [-0.1, -0.05) is 0 Å². The summed E-state index contributed by atoms with van der Waals surface area (Å²) in [5, 5.41) is 25.9. The van der Waals surface area contributed by atoms with Gasteiger partial charge < -0.3 is 15.2 Å². The average molecular weight is 454 g/mol. The lowest BCUT2D eigenvalue weighted by Gasteiger charge is -2.33. The van der Waals surface area contributed by atoms with Gasteiger partial charge in [-0.3, -0.25) is 9.47 Å². The summed E-state index contributed by atoms with van der Waals surface area (Å²) in [4.78, 5) is 20.2. The molecule has 3 aromatic rings. The van der Waals surface area contributed by atoms with Gasteiger partial charge >= 0.3 is 11.1 Å². The van der Waals surface area contributed by atoms with Crippen LogP contribution in [0.5, 0.6) is 0 Å². The summed E-state index contributed by atoms with van der Waals surface area (Å²) in [6.07, 6.45) is 1.17. The minimum Gasteiger partial charge on any atom is -0.387 e. The molecule has 13 heteroatoms. The van der Waals surface area contributed by atoms with E-state index in [1.807, 2.05) is 4.90 Å². The van der Waals surface area contributed by atoms with E-state index in [0.29, 0.717) is 25.5 Å². The van der Waals surface area contributed by atoms with E-state index in [1.165, 1.54) is 22.9 Å². The van der Waals surface area contributed by atoms with Crippen molar-refractivity contribution in [3.05, 3.63) is 57.3 Å². The monoisotopic (exact) mass is 453 g/mol. The quantitative estimate of drug-likeness (QED) is 0.449. The van der Waals surface area contributed by atoms with Crippen LogP contribution in [0.3, 0.4) is 0 Å². The lowest BCUT2D eigenvalue weighted by Crippen LogP contribution is -2.46. The SMILES string of the molecule is C[C@](O)(CN1CCn2nc(-c3cc(F)cc(F)c3)nc2C1)Cn1cc([N+](=O)[O-])nc1Cl. The van der Waals surface area contributed by atoms with Gasteiger partial charge in [-0.25, -0.2) is 18.4 Å². The molecule has 1 aromatic carbocycles. The fourth-order valence-corrected chi connectivity index (χ4v) is 3.80. The molecule has 164 valence electrons. The normalized spacial score (nSPS) is 16.2. The molecule has 0 amide bonds. The van der Waals surface area contributed by atoms with Crippen molar-refractivity contribution in [1.82, 2.24) is 29.2 Å². The Hall–Kier alpha value is -2.96. The summed E-state index contributed by atoms with van der Waals surface area (Å²) in [7, 11) is 0. The van der Waals surface area contributed by atoms with Crippen molar-refractivity contribution >= 4 is 17.4 Å². The number of imidazole rings is 1. The number of nitrogens with zero attached hydrogens (tertiary/aromatic N) is 7. The molecule has 0 spiro atoms. The first-order valence-corrected chi connectivity index (χ1v) is 9.69. The molecule has 0 fully saturated rings. The van der Waals surface area contributed by atoms with Crippen LogP contribution in [0.1, 0.15) is 12.7 Å². The van der Waals surface area contributed by atoms with E-state index in [1.54, 1.807) is 11.6 Å². The Morgan fingerprint density at radius 3 is 2.58 bits per heavy atom. The largest absolute Gasteiger partial charge is 0.387 e. The predicted molar refractivity (Wildman–Crippen MR) is 105 cm³/mol. The van der Waals surface area contributed by atoms with Crippen molar-refractivity contribution in [3.63, 3.8) is 0 Å². The predicted octanol–water partition coefficient (Wildman–Crippen LogP) is 2.25. The first-order chi connectivity index (χ1) is 14.6. The van der Waals surface area contributed by atoms with Crippen LogP contribution in [0.25, 0.3) is 11.4 Å². The number of benzene rings is 1. The van der Waals surface area contributed by atoms with Gasteiger partial charge in [-0.2, -0.15) is 5.10 Å². The second-order valence-corrected chi connectivity index (χ2v) is 8.03. The first-order valence-electron chi connectivity index (χ1n) is 9.32. The van der Waals surface area contributed by atoms with Gasteiger partial charge in [0.2, 0.25) is 0 Å². The van der Waals surface area contributed by atoms with E-state index in [0.717, 1.165) is 6.07 Å². The Morgan fingerprint density at radius 2 is 1.94 bits per heavy atom. The van der Waals surface area contributed by atoms with Crippen molar-refractivity contribution in [2.24, 2.45) is 0 Å². The number of nitro groups is 1. The molecule has 0 saturated carbocycles. The van der Waals surface area contributed by atoms with Crippen LogP contribution in [-0.4, -0.2) is 57.9 Å². The molecule has 1 aliphatic heterocycles. The fraction of sp³-hybridized carbons (Fsp3) is 0.389. The molecular weight excluding hydrogens is 436 g/mol. The number of β-amino-alcohol motifs (C(OH)–C–C–N with tert-alkyl or cyclic N) is 1. The summed E-state index contributed by atoms with van der Waals surface area (Å²) in [6, 6.07) is 3.12. The standard InChI is InChI=1S/C18H18ClF2N7O3/c1-18(29,10-26-8-15(28(30)31)23-17(26)19)9-25-2-3-27-14(7-25)22-16(24-27)11-4-12(20)6-13(21)5-11/h4-6,8,29H,2-3,7,9-10H2,1H3/t18-/m0/s1. The molecule has 3 heterocycles. The number of hydrogen-bond acceptors (Lipinski definition) is 7. The number of fused-ring (bicyclic) bond motifs is 1. The molecule has 0 bridgehead atoms. The van der Waals surface area contributed by atoms with Crippen LogP contribution in [0.4, 0.5) is 14.6 Å². The minimum absolute atomic E-state index is 0.00365. The molecule has 0 aliphatic carbocycles. The highest BCUT2D eigenvalue weighted by molar-refractivity contribution is 6.28. The highest BCUT2D eigenvalue weighted by Crippen LogP contribution is 2.23. The molecule has 31 heavy (non-hydrogen) atoms. The van der Waals surface area contributed by atoms with Crippen molar-refractivity contribution in [3.8, 4) is 11.4 Å². The molecule has 4 rings (SSSR count). The summed E-state index contributed by atoms with van der Waals surface area (Å²) in [5.74, 6) is -0.997. The first kappa shape index (κ1) is 21.3. The second kappa shape index (κ2) is 7.94. The van der Waals surface area contributed by atoms with Crippen molar-refractivity contribution < 1.29 is 18.8 Å². The maximum absolute atomic E-state index is 13.5. The van der Waals surface area contributed by atoms with Crippen LogP contribution in [0.15, 0.2) is 24.4 Å². The van der Waals surface area contributed by atoms with Crippen LogP contribution in [0.2, 0.25) is 5.28 Å². The maximum Gasteiger partial charge on any atom is 0.383 e. The maximum atomic E-state index is 13.5. The number of rotatable bonds is 6. The lowest BCUT2D eigenvalue weighted by atomic mass is 10.1. The summed E-state index contributed by atoms with van der Waals surface area (Å²) < 4.78 is 30.0. The summed E-state index contributed by atoms with van der Waals surface area (Å²) >= 11 is 5.94. The number of hydrogen-bond donors (Lipinski definition) is 1. The van der Waals surface area contributed by atoms with Gasteiger partial charge in [0, 0.05) is 24.7 Å². The van der Waals surface area contributed by atoms with Crippen LogP contribution < -0.4 is 0 Å². The zero-order chi connectivity index (χ0) is 22.3. The van der Waals surface area contributed by atoms with Crippen LogP contribution in [-0.2, 0) is 19.6 Å². The van der Waals surface area contributed by atoms with Crippen LogP contribution in [0, 0.1) is 21.7 Å². The molecule has 1 N–H and O–H groups in total. The minimum atomic E-state index is -1.27. The fourth-order valence-electron chi connectivity index (χ4n) is 3.60. The number of aliphatic hydroxyl groups is 1. The average Bonchev–Trinajstić information content (AvgIpc) is 3.24. The van der Waals surface area contributed by atoms with Crippen molar-refractivity contribution in [2.75, 3.05) is 13.1 Å².